The molecule has 100 valence electrons. The smallest absolute Gasteiger partial charge is 0.0580 e. The van der Waals surface area contributed by atoms with Crippen molar-refractivity contribution >= 4 is 0 Å². The molecule has 19 heavy (non-hydrogen) atoms. The fraction of sp³-hybridized carbons (Fsp3) is 0.353. The molecule has 0 aliphatic heterocycles. The monoisotopic (exact) mass is 254 g/mol. The highest BCUT2D eigenvalue weighted by Crippen LogP contribution is 2.28. The first-order valence-electron chi connectivity index (χ1n) is 6.70. The maximum Gasteiger partial charge on any atom is 0.0580 e. The Hall–Kier alpha value is -1.67. The maximum atomic E-state index is 4.18. The van der Waals surface area contributed by atoms with Gasteiger partial charge >= 0.3 is 0 Å². The van der Waals surface area contributed by atoms with E-state index in [-0.39, 0.29) is 6.04 Å². The molecule has 1 atom stereocenters. The predicted molar refractivity (Wildman–Crippen MR) is 80.5 cm³/mol. The summed E-state index contributed by atoms with van der Waals surface area (Å²) in [7, 11) is 2.01. The Morgan fingerprint density at radius 3 is 2.21 bits per heavy atom. The van der Waals surface area contributed by atoms with Crippen molar-refractivity contribution < 1.29 is 0 Å². The van der Waals surface area contributed by atoms with Crippen molar-refractivity contribution in [1.82, 2.24) is 10.3 Å². The van der Waals surface area contributed by atoms with Crippen LogP contribution in [0.4, 0.5) is 0 Å². The van der Waals surface area contributed by atoms with E-state index in [1.165, 1.54) is 33.4 Å². The molecular formula is C17H22N2. The second-order valence-corrected chi connectivity index (χ2v) is 5.25. The van der Waals surface area contributed by atoms with Gasteiger partial charge in [0.05, 0.1) is 6.04 Å². The molecule has 0 amide bonds. The van der Waals surface area contributed by atoms with Gasteiger partial charge in [-0.1, -0.05) is 12.1 Å². The first-order chi connectivity index (χ1) is 9.04. The van der Waals surface area contributed by atoms with Gasteiger partial charge < -0.3 is 5.32 Å². The van der Waals surface area contributed by atoms with Gasteiger partial charge in [-0.2, -0.15) is 0 Å². The molecule has 1 N–H and O–H groups in total. The zero-order valence-corrected chi connectivity index (χ0v) is 12.4. The van der Waals surface area contributed by atoms with Crippen LogP contribution in [0.5, 0.6) is 0 Å². The number of nitrogens with one attached hydrogen (secondary N) is 1. The molecule has 0 fully saturated rings. The van der Waals surface area contributed by atoms with Gasteiger partial charge in [0.2, 0.25) is 0 Å². The van der Waals surface area contributed by atoms with E-state index >= 15 is 0 Å². The minimum atomic E-state index is 0.224. The van der Waals surface area contributed by atoms with Crippen LogP contribution in [0, 0.1) is 27.7 Å². The summed E-state index contributed by atoms with van der Waals surface area (Å²) in [5.74, 6) is 0. The minimum absolute atomic E-state index is 0.224. The number of hydrogen-bond donors (Lipinski definition) is 1. The van der Waals surface area contributed by atoms with Gasteiger partial charge in [-0.05, 0) is 74.2 Å². The Kier molecular flexibility index (Phi) is 4.01. The van der Waals surface area contributed by atoms with E-state index in [4.69, 9.17) is 0 Å². The summed E-state index contributed by atoms with van der Waals surface area (Å²) in [6.07, 6.45) is 3.79. The average molecular weight is 254 g/mol. The van der Waals surface area contributed by atoms with Crippen molar-refractivity contribution in [2.24, 2.45) is 0 Å². The van der Waals surface area contributed by atoms with Crippen LogP contribution in [0.3, 0.4) is 0 Å². The zero-order chi connectivity index (χ0) is 14.0. The van der Waals surface area contributed by atoms with Gasteiger partial charge in [-0.3, -0.25) is 4.98 Å². The number of aromatic nitrogens is 1. The van der Waals surface area contributed by atoms with E-state index in [9.17, 15) is 0 Å². The Labute approximate surface area is 115 Å². The number of aryl methyl sites for hydroxylation is 4. The molecule has 0 saturated heterocycles. The summed E-state index contributed by atoms with van der Waals surface area (Å²) < 4.78 is 0. The van der Waals surface area contributed by atoms with Gasteiger partial charge in [-0.15, -0.1) is 0 Å². The van der Waals surface area contributed by atoms with Gasteiger partial charge in [0.25, 0.3) is 0 Å². The number of pyridine rings is 1. The molecule has 1 heterocycles. The van der Waals surface area contributed by atoms with Gasteiger partial charge in [0, 0.05) is 12.4 Å². The Bertz CT molecular complexity index is 588. The highest BCUT2D eigenvalue weighted by molar-refractivity contribution is 5.43. The molecule has 0 aliphatic rings. The van der Waals surface area contributed by atoms with Gasteiger partial charge in [0.15, 0.2) is 0 Å². The van der Waals surface area contributed by atoms with Gasteiger partial charge in [0.1, 0.15) is 0 Å². The summed E-state index contributed by atoms with van der Waals surface area (Å²) in [6, 6.07) is 6.89. The fourth-order valence-corrected chi connectivity index (χ4v) is 2.58. The third kappa shape index (κ3) is 2.69. The summed E-state index contributed by atoms with van der Waals surface area (Å²) in [4.78, 5) is 4.18. The quantitative estimate of drug-likeness (QED) is 0.905. The number of benzene rings is 1. The van der Waals surface area contributed by atoms with Crippen LogP contribution in [-0.2, 0) is 0 Å². The lowest BCUT2D eigenvalue weighted by molar-refractivity contribution is 0.681. The lowest BCUT2D eigenvalue weighted by Gasteiger charge is -2.22. The fourth-order valence-electron chi connectivity index (χ4n) is 2.58. The number of rotatable bonds is 3. The second-order valence-electron chi connectivity index (χ2n) is 5.25. The molecule has 1 aromatic carbocycles. The maximum absolute atomic E-state index is 4.18. The zero-order valence-electron chi connectivity index (χ0n) is 12.4. The van der Waals surface area contributed by atoms with Crippen LogP contribution in [0.2, 0.25) is 0 Å². The standard InChI is InChI=1S/C17H22N2/c1-11-8-13(3)16(9-12(11)2)17(18-5)15-6-7-19-10-14(15)4/h6-10,17-18H,1-5H3. The molecule has 0 radical (unpaired) electrons. The molecule has 0 saturated carbocycles. The van der Waals surface area contributed by atoms with Crippen molar-refractivity contribution in [3.63, 3.8) is 0 Å². The van der Waals surface area contributed by atoms with Crippen LogP contribution in [0.15, 0.2) is 30.6 Å². The molecule has 2 aromatic rings. The third-order valence-corrected chi connectivity index (χ3v) is 3.86. The van der Waals surface area contributed by atoms with E-state index in [1.807, 2.05) is 19.4 Å². The lowest BCUT2D eigenvalue weighted by Crippen LogP contribution is -2.20. The van der Waals surface area contributed by atoms with E-state index in [0.717, 1.165) is 0 Å². The van der Waals surface area contributed by atoms with Gasteiger partial charge in [-0.25, -0.2) is 0 Å². The molecule has 1 unspecified atom stereocenters. The number of hydrogen-bond acceptors (Lipinski definition) is 2. The van der Waals surface area contributed by atoms with Crippen LogP contribution in [0.25, 0.3) is 0 Å². The molecule has 0 bridgehead atoms. The second kappa shape index (κ2) is 5.54. The van der Waals surface area contributed by atoms with Crippen molar-refractivity contribution in [3.05, 3.63) is 64.0 Å². The molecular weight excluding hydrogens is 232 g/mol. The van der Waals surface area contributed by atoms with Crippen LogP contribution < -0.4 is 5.32 Å². The van der Waals surface area contributed by atoms with E-state index in [1.54, 1.807) is 0 Å². The van der Waals surface area contributed by atoms with Crippen molar-refractivity contribution in [2.75, 3.05) is 7.05 Å². The molecule has 2 rings (SSSR count). The summed E-state index contributed by atoms with van der Waals surface area (Å²) >= 11 is 0. The highest BCUT2D eigenvalue weighted by atomic mass is 14.9. The normalized spacial score (nSPS) is 12.5. The molecule has 2 heteroatoms. The highest BCUT2D eigenvalue weighted by Gasteiger charge is 2.16. The largest absolute Gasteiger partial charge is 0.309 e. The van der Waals surface area contributed by atoms with Crippen LogP contribution in [0.1, 0.15) is 39.4 Å². The average Bonchev–Trinajstić information content (AvgIpc) is 2.38. The van der Waals surface area contributed by atoms with Crippen molar-refractivity contribution in [1.29, 1.82) is 0 Å². The van der Waals surface area contributed by atoms with Crippen molar-refractivity contribution in [2.45, 2.75) is 33.7 Å². The van der Waals surface area contributed by atoms with E-state index in [2.05, 4.69) is 56.2 Å². The first-order valence-corrected chi connectivity index (χ1v) is 6.70. The number of nitrogens with zero attached hydrogens (tertiary/aromatic N) is 1. The summed E-state index contributed by atoms with van der Waals surface area (Å²) in [5.41, 5.74) is 7.89. The Balaban J connectivity index is 2.55. The molecule has 0 aliphatic carbocycles. The topological polar surface area (TPSA) is 24.9 Å². The van der Waals surface area contributed by atoms with E-state index in [0.29, 0.717) is 0 Å². The lowest BCUT2D eigenvalue weighted by atomic mass is 9.90. The van der Waals surface area contributed by atoms with E-state index < -0.39 is 0 Å². The third-order valence-electron chi connectivity index (χ3n) is 3.86. The molecule has 2 nitrogen and oxygen atoms in total. The Morgan fingerprint density at radius 1 is 0.895 bits per heavy atom. The van der Waals surface area contributed by atoms with Crippen molar-refractivity contribution in [3.8, 4) is 0 Å². The summed E-state index contributed by atoms with van der Waals surface area (Å²) in [6.45, 7) is 8.63. The molecule has 1 aromatic heterocycles. The molecule has 0 spiro atoms. The first kappa shape index (κ1) is 13.8. The Morgan fingerprint density at radius 2 is 1.58 bits per heavy atom. The van der Waals surface area contributed by atoms with Crippen LogP contribution in [-0.4, -0.2) is 12.0 Å². The SMILES string of the molecule is CNC(c1ccncc1C)c1cc(C)c(C)cc1C. The predicted octanol–water partition coefficient (Wildman–Crippen LogP) is 3.62. The summed E-state index contributed by atoms with van der Waals surface area (Å²) in [5, 5.41) is 3.44. The minimum Gasteiger partial charge on any atom is -0.309 e. The van der Waals surface area contributed by atoms with Crippen LogP contribution >= 0.6 is 0 Å².